The number of carbonyl (C=O) groups excluding carboxylic acids is 2. The van der Waals surface area contributed by atoms with Gasteiger partial charge in [0.15, 0.2) is 0 Å². The Balaban J connectivity index is 1.51. The molecule has 0 saturated carbocycles. The van der Waals surface area contributed by atoms with Crippen LogP contribution in [-0.2, 0) is 0 Å². The fraction of sp³-hybridized carbons (Fsp3) is 0.333. The third kappa shape index (κ3) is 3.29. The molecule has 1 saturated heterocycles. The van der Waals surface area contributed by atoms with Crippen LogP contribution in [0.2, 0.25) is 5.02 Å². The fourth-order valence-electron chi connectivity index (χ4n) is 4.17. The molecule has 2 aliphatic heterocycles. The molecule has 2 heterocycles. The Hall–Kier alpha value is -2.73. The standard InChI is InChI=1S/C21H23ClN4O2/c1-2-26-18-14-15(22)8-9-17(18)19(27)24-21(26)10-12-25(13-11-21)20(28)23-16-6-4-3-5-7-16/h3-9,14H,2,10-13H2,1H3,(H,23,28)(H,24,27). The van der Waals surface area contributed by atoms with Gasteiger partial charge in [-0.15, -0.1) is 0 Å². The average molecular weight is 399 g/mol. The summed E-state index contributed by atoms with van der Waals surface area (Å²) in [6.45, 7) is 3.93. The molecule has 0 atom stereocenters. The highest BCUT2D eigenvalue weighted by atomic mass is 35.5. The van der Waals surface area contributed by atoms with E-state index in [9.17, 15) is 9.59 Å². The molecular weight excluding hydrogens is 376 g/mol. The minimum absolute atomic E-state index is 0.0847. The highest BCUT2D eigenvalue weighted by Crippen LogP contribution is 2.38. The number of urea groups is 1. The molecule has 146 valence electrons. The van der Waals surface area contributed by atoms with E-state index in [1.54, 1.807) is 17.0 Å². The van der Waals surface area contributed by atoms with Crippen molar-refractivity contribution in [1.29, 1.82) is 0 Å². The molecule has 3 amide bonds. The zero-order valence-electron chi connectivity index (χ0n) is 15.7. The maximum Gasteiger partial charge on any atom is 0.321 e. The van der Waals surface area contributed by atoms with Gasteiger partial charge in [-0.05, 0) is 37.3 Å². The van der Waals surface area contributed by atoms with Crippen LogP contribution in [-0.4, -0.2) is 42.1 Å². The number of anilines is 2. The quantitative estimate of drug-likeness (QED) is 0.805. The first-order valence-electron chi connectivity index (χ1n) is 9.53. The largest absolute Gasteiger partial charge is 0.348 e. The van der Waals surface area contributed by atoms with Crippen LogP contribution in [0, 0.1) is 0 Å². The van der Waals surface area contributed by atoms with Gasteiger partial charge in [0.25, 0.3) is 5.91 Å². The van der Waals surface area contributed by atoms with E-state index >= 15 is 0 Å². The van der Waals surface area contributed by atoms with E-state index in [1.165, 1.54) is 0 Å². The minimum atomic E-state index is -0.493. The van der Waals surface area contributed by atoms with E-state index < -0.39 is 5.66 Å². The predicted molar refractivity (Wildman–Crippen MR) is 111 cm³/mol. The first-order valence-corrected chi connectivity index (χ1v) is 9.91. The summed E-state index contributed by atoms with van der Waals surface area (Å²) >= 11 is 6.20. The third-order valence-corrected chi connectivity index (χ3v) is 5.81. The van der Waals surface area contributed by atoms with Crippen LogP contribution in [0.5, 0.6) is 0 Å². The number of piperidine rings is 1. The zero-order chi connectivity index (χ0) is 19.7. The number of amides is 3. The number of benzene rings is 2. The summed E-state index contributed by atoms with van der Waals surface area (Å²) in [6, 6.07) is 14.7. The van der Waals surface area contributed by atoms with Gasteiger partial charge in [0.05, 0.1) is 11.3 Å². The number of fused-ring (bicyclic) bond motifs is 1. The van der Waals surface area contributed by atoms with E-state index in [4.69, 9.17) is 11.6 Å². The number of hydrogen-bond donors (Lipinski definition) is 2. The molecular formula is C21H23ClN4O2. The molecule has 0 bridgehead atoms. The number of carbonyl (C=O) groups is 2. The Morgan fingerprint density at radius 3 is 2.57 bits per heavy atom. The van der Waals surface area contributed by atoms with Crippen LogP contribution in [0.4, 0.5) is 16.2 Å². The van der Waals surface area contributed by atoms with Gasteiger partial charge in [0, 0.05) is 43.2 Å². The predicted octanol–water partition coefficient (Wildman–Crippen LogP) is 3.93. The summed E-state index contributed by atoms with van der Waals surface area (Å²) in [5, 5.41) is 6.74. The lowest BCUT2D eigenvalue weighted by atomic mass is 9.90. The molecule has 7 heteroatoms. The molecule has 0 radical (unpaired) electrons. The van der Waals surface area contributed by atoms with Crippen molar-refractivity contribution in [3.05, 3.63) is 59.1 Å². The fourth-order valence-corrected chi connectivity index (χ4v) is 4.33. The minimum Gasteiger partial charge on any atom is -0.348 e. The Morgan fingerprint density at radius 1 is 1.18 bits per heavy atom. The van der Waals surface area contributed by atoms with Crippen LogP contribution >= 0.6 is 11.6 Å². The van der Waals surface area contributed by atoms with Gasteiger partial charge in [-0.2, -0.15) is 0 Å². The lowest BCUT2D eigenvalue weighted by molar-refractivity contribution is 0.0808. The molecule has 1 fully saturated rings. The smallest absolute Gasteiger partial charge is 0.321 e. The molecule has 1 spiro atoms. The zero-order valence-corrected chi connectivity index (χ0v) is 16.5. The molecule has 28 heavy (non-hydrogen) atoms. The van der Waals surface area contributed by atoms with Gasteiger partial charge in [-0.3, -0.25) is 4.79 Å². The van der Waals surface area contributed by atoms with E-state index in [2.05, 4.69) is 22.5 Å². The average Bonchev–Trinajstić information content (AvgIpc) is 2.69. The Bertz CT molecular complexity index is 895. The maximum atomic E-state index is 12.7. The van der Waals surface area contributed by atoms with Gasteiger partial charge in [0.1, 0.15) is 5.66 Å². The Morgan fingerprint density at radius 2 is 1.89 bits per heavy atom. The van der Waals surface area contributed by atoms with Crippen LogP contribution in [0.15, 0.2) is 48.5 Å². The molecule has 2 aromatic rings. The second-order valence-corrected chi connectivity index (χ2v) is 7.61. The Labute approximate surface area is 169 Å². The van der Waals surface area contributed by atoms with Crippen molar-refractivity contribution in [1.82, 2.24) is 10.2 Å². The SMILES string of the molecule is CCN1c2cc(Cl)ccc2C(=O)NC12CCN(C(=O)Nc1ccccc1)CC2. The summed E-state index contributed by atoms with van der Waals surface area (Å²) in [5.74, 6) is -0.0847. The summed E-state index contributed by atoms with van der Waals surface area (Å²) in [7, 11) is 0. The lowest BCUT2D eigenvalue weighted by Crippen LogP contribution is -2.68. The van der Waals surface area contributed by atoms with Crippen molar-refractivity contribution in [3.8, 4) is 0 Å². The van der Waals surface area contributed by atoms with E-state index in [-0.39, 0.29) is 11.9 Å². The molecule has 6 nitrogen and oxygen atoms in total. The van der Waals surface area contributed by atoms with E-state index in [0.717, 1.165) is 17.9 Å². The normalized spacial score (nSPS) is 17.9. The number of rotatable bonds is 2. The highest BCUT2D eigenvalue weighted by Gasteiger charge is 2.45. The van der Waals surface area contributed by atoms with Crippen molar-refractivity contribution in [2.75, 3.05) is 29.9 Å². The summed E-state index contributed by atoms with van der Waals surface area (Å²) in [6.07, 6.45) is 1.31. The summed E-state index contributed by atoms with van der Waals surface area (Å²) < 4.78 is 0. The topological polar surface area (TPSA) is 64.7 Å². The van der Waals surface area contributed by atoms with Gasteiger partial charge in [-0.25, -0.2) is 4.79 Å². The van der Waals surface area contributed by atoms with Crippen molar-refractivity contribution < 1.29 is 9.59 Å². The van der Waals surface area contributed by atoms with Gasteiger partial charge in [-0.1, -0.05) is 29.8 Å². The first-order chi connectivity index (χ1) is 13.5. The highest BCUT2D eigenvalue weighted by molar-refractivity contribution is 6.31. The number of para-hydroxylation sites is 1. The number of nitrogens with zero attached hydrogens (tertiary/aromatic N) is 2. The van der Waals surface area contributed by atoms with Crippen molar-refractivity contribution in [2.24, 2.45) is 0 Å². The van der Waals surface area contributed by atoms with Crippen molar-refractivity contribution >= 4 is 34.9 Å². The summed E-state index contributed by atoms with van der Waals surface area (Å²) in [5.41, 5.74) is 1.78. The van der Waals surface area contributed by atoms with Gasteiger partial charge in [0.2, 0.25) is 0 Å². The van der Waals surface area contributed by atoms with E-state index in [0.29, 0.717) is 36.5 Å². The van der Waals surface area contributed by atoms with Crippen molar-refractivity contribution in [3.63, 3.8) is 0 Å². The molecule has 2 aliphatic rings. The number of hydrogen-bond acceptors (Lipinski definition) is 3. The molecule has 0 aromatic heterocycles. The first kappa shape index (κ1) is 18.6. The number of likely N-dealkylation sites (tertiary alicyclic amines) is 1. The second kappa shape index (κ2) is 7.36. The number of nitrogens with one attached hydrogen (secondary N) is 2. The monoisotopic (exact) mass is 398 g/mol. The molecule has 2 aromatic carbocycles. The van der Waals surface area contributed by atoms with Crippen molar-refractivity contribution in [2.45, 2.75) is 25.4 Å². The third-order valence-electron chi connectivity index (χ3n) is 5.58. The lowest BCUT2D eigenvalue weighted by Gasteiger charge is -2.52. The van der Waals surface area contributed by atoms with Crippen LogP contribution in [0.1, 0.15) is 30.1 Å². The summed E-state index contributed by atoms with van der Waals surface area (Å²) in [4.78, 5) is 29.3. The van der Waals surface area contributed by atoms with Gasteiger partial charge >= 0.3 is 6.03 Å². The van der Waals surface area contributed by atoms with E-state index in [1.807, 2.05) is 36.4 Å². The van der Waals surface area contributed by atoms with Crippen LogP contribution in [0.3, 0.4) is 0 Å². The maximum absolute atomic E-state index is 12.7. The molecule has 2 N–H and O–H groups in total. The molecule has 0 aliphatic carbocycles. The van der Waals surface area contributed by atoms with Gasteiger partial charge < -0.3 is 20.4 Å². The molecule has 0 unspecified atom stereocenters. The molecule has 4 rings (SSSR count). The van der Waals surface area contributed by atoms with Crippen LogP contribution in [0.25, 0.3) is 0 Å². The van der Waals surface area contributed by atoms with Crippen LogP contribution < -0.4 is 15.5 Å². The second-order valence-electron chi connectivity index (χ2n) is 7.17. The Kier molecular flexibility index (Phi) is 4.89. The number of halogens is 1.